The molecule has 1 fully saturated rings. The topological polar surface area (TPSA) is 54.4 Å². The zero-order valence-electron chi connectivity index (χ0n) is 10.8. The number of rotatable bonds is 2. The Balaban J connectivity index is 2.32. The number of aryl methyl sites for hydroxylation is 1. The lowest BCUT2D eigenvalue weighted by molar-refractivity contribution is 0.116. The van der Waals surface area contributed by atoms with Crippen LogP contribution in [0.15, 0.2) is 29.2 Å². The molecule has 3 atom stereocenters. The van der Waals surface area contributed by atoms with Crippen LogP contribution in [0.25, 0.3) is 0 Å². The zero-order valence-corrected chi connectivity index (χ0v) is 11.7. The Hall–Kier alpha value is -0.870. The molecule has 3 nitrogen and oxygen atoms in total. The van der Waals surface area contributed by atoms with Crippen LogP contribution in [0.5, 0.6) is 0 Å². The van der Waals surface area contributed by atoms with Crippen molar-refractivity contribution in [3.05, 3.63) is 29.8 Å². The second kappa shape index (κ2) is 5.02. The van der Waals surface area contributed by atoms with Crippen molar-refractivity contribution in [1.82, 2.24) is 0 Å². The third-order valence-electron chi connectivity index (χ3n) is 3.77. The maximum absolute atomic E-state index is 12.5. The van der Waals surface area contributed by atoms with Crippen molar-refractivity contribution in [1.29, 1.82) is 0 Å². The summed E-state index contributed by atoms with van der Waals surface area (Å²) >= 11 is 0. The van der Waals surface area contributed by atoms with E-state index in [4.69, 9.17) is 0 Å². The van der Waals surface area contributed by atoms with Gasteiger partial charge in [-0.15, -0.1) is 0 Å². The Kier molecular flexibility index (Phi) is 3.78. The number of hydrogen-bond acceptors (Lipinski definition) is 3. The molecular weight excluding hydrogens is 248 g/mol. The Bertz CT molecular complexity index is 504. The highest BCUT2D eigenvalue weighted by Crippen LogP contribution is 2.32. The molecule has 1 aliphatic carbocycles. The van der Waals surface area contributed by atoms with Gasteiger partial charge in [0.05, 0.1) is 16.2 Å². The Morgan fingerprint density at radius 1 is 1.17 bits per heavy atom. The molecule has 4 heteroatoms. The third kappa shape index (κ3) is 2.59. The van der Waals surface area contributed by atoms with Crippen molar-refractivity contribution in [2.45, 2.75) is 49.4 Å². The molecule has 0 saturated heterocycles. The summed E-state index contributed by atoms with van der Waals surface area (Å²) in [5, 5.41) is 9.31. The van der Waals surface area contributed by atoms with Crippen LogP contribution >= 0.6 is 0 Å². The molecule has 1 N–H and O–H groups in total. The number of aliphatic hydroxyl groups is 1. The fraction of sp³-hybridized carbons (Fsp3) is 0.571. The average Bonchev–Trinajstić information content (AvgIpc) is 2.32. The molecule has 0 aromatic heterocycles. The van der Waals surface area contributed by atoms with E-state index in [1.165, 1.54) is 0 Å². The predicted molar refractivity (Wildman–Crippen MR) is 71.2 cm³/mol. The van der Waals surface area contributed by atoms with E-state index in [0.717, 1.165) is 12.0 Å². The van der Waals surface area contributed by atoms with Gasteiger partial charge in [0.1, 0.15) is 0 Å². The van der Waals surface area contributed by atoms with E-state index < -0.39 is 21.2 Å². The van der Waals surface area contributed by atoms with Crippen LogP contribution in [-0.2, 0) is 9.84 Å². The van der Waals surface area contributed by atoms with Crippen LogP contribution < -0.4 is 0 Å². The summed E-state index contributed by atoms with van der Waals surface area (Å²) in [6.07, 6.45) is 1.31. The van der Waals surface area contributed by atoms with Crippen molar-refractivity contribution >= 4 is 9.84 Å². The van der Waals surface area contributed by atoms with Gasteiger partial charge in [0.25, 0.3) is 0 Å². The first kappa shape index (κ1) is 13.6. The van der Waals surface area contributed by atoms with Crippen molar-refractivity contribution < 1.29 is 13.5 Å². The van der Waals surface area contributed by atoms with E-state index in [-0.39, 0.29) is 0 Å². The summed E-state index contributed by atoms with van der Waals surface area (Å²) in [5.74, 6) is 0.360. The van der Waals surface area contributed by atoms with Crippen LogP contribution in [0.1, 0.15) is 31.7 Å². The van der Waals surface area contributed by atoms with Crippen LogP contribution in [-0.4, -0.2) is 24.9 Å². The Labute approximate surface area is 109 Å². The first-order chi connectivity index (χ1) is 8.41. The first-order valence-corrected chi connectivity index (χ1v) is 7.94. The number of benzene rings is 1. The molecule has 18 heavy (non-hydrogen) atoms. The largest absolute Gasteiger partial charge is 0.392 e. The zero-order chi connectivity index (χ0) is 13.3. The van der Waals surface area contributed by atoms with E-state index in [0.29, 0.717) is 23.7 Å². The lowest BCUT2D eigenvalue weighted by atomic mass is 9.88. The smallest absolute Gasteiger partial charge is 0.183 e. The van der Waals surface area contributed by atoms with Gasteiger partial charge < -0.3 is 5.11 Å². The fourth-order valence-electron chi connectivity index (χ4n) is 2.55. The van der Waals surface area contributed by atoms with Crippen LogP contribution in [0.2, 0.25) is 0 Å². The molecule has 1 aliphatic rings. The minimum atomic E-state index is -3.41. The normalized spacial score (nSPS) is 29.2. The van der Waals surface area contributed by atoms with E-state index in [1.54, 1.807) is 24.3 Å². The maximum Gasteiger partial charge on any atom is 0.183 e. The highest BCUT2D eigenvalue weighted by Gasteiger charge is 2.37. The van der Waals surface area contributed by atoms with Gasteiger partial charge in [-0.3, -0.25) is 0 Å². The SMILES string of the molecule is Cc1ccc(S(=O)(=O)C2CC(C)CCC2O)cc1. The third-order valence-corrected chi connectivity index (χ3v) is 6.00. The Morgan fingerprint density at radius 2 is 1.78 bits per heavy atom. The van der Waals surface area contributed by atoms with Crippen LogP contribution in [0.3, 0.4) is 0 Å². The van der Waals surface area contributed by atoms with E-state index in [9.17, 15) is 13.5 Å². The molecule has 1 aromatic carbocycles. The molecule has 3 unspecified atom stereocenters. The second-order valence-electron chi connectivity index (χ2n) is 5.38. The quantitative estimate of drug-likeness (QED) is 0.895. The Morgan fingerprint density at radius 3 is 2.39 bits per heavy atom. The van der Waals surface area contributed by atoms with Gasteiger partial charge in [-0.25, -0.2) is 8.42 Å². The monoisotopic (exact) mass is 268 g/mol. The summed E-state index contributed by atoms with van der Waals surface area (Å²) in [4.78, 5) is 0.325. The molecule has 0 bridgehead atoms. The van der Waals surface area contributed by atoms with Gasteiger partial charge in [0, 0.05) is 0 Å². The van der Waals surface area contributed by atoms with Gasteiger partial charge in [-0.2, -0.15) is 0 Å². The summed E-state index contributed by atoms with van der Waals surface area (Å²) in [6.45, 7) is 3.97. The van der Waals surface area contributed by atoms with Gasteiger partial charge >= 0.3 is 0 Å². The summed E-state index contributed by atoms with van der Waals surface area (Å²) in [7, 11) is -3.41. The molecule has 0 heterocycles. The number of hydrogen-bond donors (Lipinski definition) is 1. The molecule has 100 valence electrons. The standard InChI is InChI=1S/C14H20O3S/c1-10-3-6-12(7-4-10)18(16,17)14-9-11(2)5-8-13(14)15/h3-4,6-7,11,13-15H,5,8-9H2,1-2H3. The summed E-state index contributed by atoms with van der Waals surface area (Å²) in [5.41, 5.74) is 1.03. The highest BCUT2D eigenvalue weighted by molar-refractivity contribution is 7.92. The van der Waals surface area contributed by atoms with E-state index in [2.05, 4.69) is 0 Å². The second-order valence-corrected chi connectivity index (χ2v) is 7.55. The fourth-order valence-corrected chi connectivity index (χ4v) is 4.55. The minimum Gasteiger partial charge on any atom is -0.392 e. The maximum atomic E-state index is 12.5. The molecule has 2 rings (SSSR count). The molecule has 1 saturated carbocycles. The lowest BCUT2D eigenvalue weighted by Gasteiger charge is -2.31. The van der Waals surface area contributed by atoms with Crippen molar-refractivity contribution in [3.63, 3.8) is 0 Å². The van der Waals surface area contributed by atoms with Gasteiger partial charge in [-0.1, -0.05) is 24.6 Å². The van der Waals surface area contributed by atoms with Crippen LogP contribution in [0, 0.1) is 12.8 Å². The van der Waals surface area contributed by atoms with Crippen molar-refractivity contribution in [2.24, 2.45) is 5.92 Å². The lowest BCUT2D eigenvalue weighted by Crippen LogP contribution is -2.39. The molecule has 0 radical (unpaired) electrons. The molecule has 0 amide bonds. The van der Waals surface area contributed by atoms with Gasteiger partial charge in [-0.05, 0) is 44.2 Å². The van der Waals surface area contributed by atoms with Crippen molar-refractivity contribution in [3.8, 4) is 0 Å². The number of sulfone groups is 1. The minimum absolute atomic E-state index is 0.325. The molecule has 0 aliphatic heterocycles. The van der Waals surface area contributed by atoms with Crippen LogP contribution in [0.4, 0.5) is 0 Å². The summed E-state index contributed by atoms with van der Waals surface area (Å²) in [6, 6.07) is 6.87. The summed E-state index contributed by atoms with van der Waals surface area (Å²) < 4.78 is 25.0. The highest BCUT2D eigenvalue weighted by atomic mass is 32.2. The van der Waals surface area contributed by atoms with Gasteiger partial charge in [0.2, 0.25) is 0 Å². The average molecular weight is 268 g/mol. The first-order valence-electron chi connectivity index (χ1n) is 6.40. The molecule has 0 spiro atoms. The molecular formula is C14H20O3S. The van der Waals surface area contributed by atoms with E-state index >= 15 is 0 Å². The van der Waals surface area contributed by atoms with Gasteiger partial charge in [0.15, 0.2) is 9.84 Å². The van der Waals surface area contributed by atoms with E-state index in [1.807, 2.05) is 13.8 Å². The predicted octanol–water partition coefficient (Wildman–Crippen LogP) is 2.32. The van der Waals surface area contributed by atoms with Crippen molar-refractivity contribution in [2.75, 3.05) is 0 Å². The number of aliphatic hydroxyl groups excluding tert-OH is 1. The molecule has 1 aromatic rings.